The molecule has 0 saturated carbocycles. The SMILES string of the molecule is Cc1ccc(S(=O)(=O)OC(=O)c2cccc(C(=O)OS(=O)(=O)c3ccc(C)cc3)c2)cc1. The second-order valence-electron chi connectivity index (χ2n) is 6.86. The third-order valence-electron chi connectivity index (χ3n) is 4.32. The molecule has 0 saturated heterocycles. The Morgan fingerprint density at radius 2 is 0.938 bits per heavy atom. The highest BCUT2D eigenvalue weighted by Crippen LogP contribution is 2.18. The van der Waals surface area contributed by atoms with E-state index < -0.39 is 32.2 Å². The number of benzene rings is 3. The van der Waals surface area contributed by atoms with Gasteiger partial charge in [-0.3, -0.25) is 0 Å². The fourth-order valence-corrected chi connectivity index (χ4v) is 4.30. The first kappa shape index (κ1) is 23.2. The van der Waals surface area contributed by atoms with Crippen molar-refractivity contribution in [2.75, 3.05) is 0 Å². The highest BCUT2D eigenvalue weighted by Gasteiger charge is 2.24. The summed E-state index contributed by atoms with van der Waals surface area (Å²) >= 11 is 0. The van der Waals surface area contributed by atoms with Gasteiger partial charge in [0.25, 0.3) is 0 Å². The van der Waals surface area contributed by atoms with Crippen molar-refractivity contribution in [3.05, 3.63) is 95.1 Å². The predicted molar refractivity (Wildman–Crippen MR) is 114 cm³/mol. The highest BCUT2D eigenvalue weighted by molar-refractivity contribution is 7.87. The molecule has 0 bridgehead atoms. The molecule has 0 spiro atoms. The maximum Gasteiger partial charge on any atom is 0.354 e. The average Bonchev–Trinajstić information content (AvgIpc) is 2.74. The maximum absolute atomic E-state index is 12.3. The van der Waals surface area contributed by atoms with E-state index in [1.54, 1.807) is 38.1 Å². The summed E-state index contributed by atoms with van der Waals surface area (Å²) in [7, 11) is -8.78. The molecule has 0 aliphatic rings. The molecule has 10 heteroatoms. The van der Waals surface area contributed by atoms with E-state index in [0.29, 0.717) is 0 Å². The molecule has 166 valence electrons. The first-order valence-electron chi connectivity index (χ1n) is 9.19. The predicted octanol–water partition coefficient (Wildman–Crippen LogP) is 3.39. The quantitative estimate of drug-likeness (QED) is 0.499. The molecule has 0 unspecified atom stereocenters. The Morgan fingerprint density at radius 1 is 0.594 bits per heavy atom. The lowest BCUT2D eigenvalue weighted by Gasteiger charge is -2.08. The molecule has 0 radical (unpaired) electrons. The second-order valence-corrected chi connectivity index (χ2v) is 9.95. The van der Waals surface area contributed by atoms with Crippen molar-refractivity contribution in [1.29, 1.82) is 0 Å². The van der Waals surface area contributed by atoms with E-state index in [1.165, 1.54) is 42.5 Å². The minimum Gasteiger partial charge on any atom is -0.338 e. The van der Waals surface area contributed by atoms with Gasteiger partial charge < -0.3 is 8.37 Å². The van der Waals surface area contributed by atoms with E-state index in [1.807, 2.05) is 0 Å². The monoisotopic (exact) mass is 474 g/mol. The van der Waals surface area contributed by atoms with E-state index in [0.717, 1.165) is 17.2 Å². The molecule has 32 heavy (non-hydrogen) atoms. The van der Waals surface area contributed by atoms with E-state index >= 15 is 0 Å². The normalized spacial score (nSPS) is 11.6. The van der Waals surface area contributed by atoms with Crippen LogP contribution in [0, 0.1) is 13.8 Å². The molecule has 0 heterocycles. The smallest absolute Gasteiger partial charge is 0.338 e. The lowest BCUT2D eigenvalue weighted by Crippen LogP contribution is -2.16. The van der Waals surface area contributed by atoms with Crippen LogP contribution in [-0.2, 0) is 28.6 Å². The summed E-state index contributed by atoms with van der Waals surface area (Å²) in [6.07, 6.45) is 0. The highest BCUT2D eigenvalue weighted by atomic mass is 32.2. The summed E-state index contributed by atoms with van der Waals surface area (Å²) in [6.45, 7) is 3.54. The topological polar surface area (TPSA) is 121 Å². The maximum atomic E-state index is 12.3. The number of rotatable bonds is 6. The standard InChI is InChI=1S/C22H18O8S2/c1-15-6-10-19(11-7-15)31(25,26)29-21(23)17-4-3-5-18(14-17)22(24)30-32(27,28)20-12-8-16(2)9-13-20/h3-14H,1-2H3. The van der Waals surface area contributed by atoms with Gasteiger partial charge in [0.2, 0.25) is 0 Å². The average molecular weight is 475 g/mol. The molecular formula is C22H18O8S2. The summed E-state index contributed by atoms with van der Waals surface area (Å²) in [6, 6.07) is 16.1. The zero-order valence-electron chi connectivity index (χ0n) is 17.0. The lowest BCUT2D eigenvalue weighted by atomic mass is 10.1. The Kier molecular flexibility index (Phi) is 6.47. The van der Waals surface area contributed by atoms with Crippen molar-refractivity contribution in [2.45, 2.75) is 23.6 Å². The largest absolute Gasteiger partial charge is 0.354 e. The van der Waals surface area contributed by atoms with Crippen molar-refractivity contribution in [2.24, 2.45) is 0 Å². The van der Waals surface area contributed by atoms with Crippen LogP contribution in [0.15, 0.2) is 82.6 Å². The van der Waals surface area contributed by atoms with Crippen LogP contribution in [-0.4, -0.2) is 28.8 Å². The first-order chi connectivity index (χ1) is 15.0. The molecule has 0 N–H and O–H groups in total. The number of carbonyl (C=O) groups excluding carboxylic acids is 2. The molecule has 3 aromatic rings. The van der Waals surface area contributed by atoms with Crippen molar-refractivity contribution in [3.8, 4) is 0 Å². The summed E-state index contributed by atoms with van der Waals surface area (Å²) in [5.41, 5.74) is 1.09. The lowest BCUT2D eigenvalue weighted by molar-refractivity contribution is 0.0744. The van der Waals surface area contributed by atoms with Gasteiger partial charge in [0.05, 0.1) is 11.1 Å². The molecular weight excluding hydrogens is 456 g/mol. The van der Waals surface area contributed by atoms with Gasteiger partial charge in [0.15, 0.2) is 0 Å². The number of aryl methyl sites for hydroxylation is 2. The molecule has 3 aromatic carbocycles. The Labute approximate surface area is 185 Å². The van der Waals surface area contributed by atoms with Gasteiger partial charge in [-0.2, -0.15) is 16.8 Å². The molecule has 0 aliphatic carbocycles. The summed E-state index contributed by atoms with van der Waals surface area (Å²) in [5.74, 6) is -2.47. The van der Waals surface area contributed by atoms with Crippen molar-refractivity contribution >= 4 is 32.2 Å². The minimum atomic E-state index is -4.39. The number of hydrogen-bond donors (Lipinski definition) is 0. The van der Waals surface area contributed by atoms with E-state index in [2.05, 4.69) is 8.37 Å². The van der Waals surface area contributed by atoms with Gasteiger partial charge in [-0.25, -0.2) is 9.59 Å². The summed E-state index contributed by atoms with van der Waals surface area (Å²) < 4.78 is 58.5. The molecule has 0 fully saturated rings. The van der Waals surface area contributed by atoms with E-state index in [4.69, 9.17) is 0 Å². The fraction of sp³-hybridized carbons (Fsp3) is 0.0909. The van der Waals surface area contributed by atoms with Gasteiger partial charge >= 0.3 is 32.2 Å². The Balaban J connectivity index is 1.78. The van der Waals surface area contributed by atoms with Gasteiger partial charge in [0.1, 0.15) is 9.79 Å². The van der Waals surface area contributed by atoms with Crippen LogP contribution in [0.4, 0.5) is 0 Å². The van der Waals surface area contributed by atoms with Crippen molar-refractivity contribution in [3.63, 3.8) is 0 Å². The van der Waals surface area contributed by atoms with Crippen LogP contribution >= 0.6 is 0 Å². The molecule has 0 atom stereocenters. The number of hydrogen-bond acceptors (Lipinski definition) is 8. The molecule has 0 aliphatic heterocycles. The second kappa shape index (κ2) is 8.93. The minimum absolute atomic E-state index is 0.212. The Hall–Kier alpha value is -3.50. The molecule has 8 nitrogen and oxygen atoms in total. The zero-order chi connectivity index (χ0) is 23.5. The zero-order valence-corrected chi connectivity index (χ0v) is 18.6. The van der Waals surface area contributed by atoms with Crippen LogP contribution in [0.1, 0.15) is 31.8 Å². The van der Waals surface area contributed by atoms with Gasteiger partial charge in [-0.1, -0.05) is 41.5 Å². The third-order valence-corrected chi connectivity index (χ3v) is 6.76. The molecule has 0 aromatic heterocycles. The first-order valence-corrected chi connectivity index (χ1v) is 12.0. The van der Waals surface area contributed by atoms with Crippen molar-refractivity contribution < 1.29 is 34.8 Å². The Morgan fingerprint density at radius 3 is 1.28 bits per heavy atom. The van der Waals surface area contributed by atoms with Gasteiger partial charge in [0, 0.05) is 0 Å². The number of carbonyl (C=O) groups is 2. The molecule has 0 amide bonds. The summed E-state index contributed by atoms with van der Waals surface area (Å²) in [4.78, 5) is 24.3. The van der Waals surface area contributed by atoms with Crippen LogP contribution in [0.25, 0.3) is 0 Å². The third kappa shape index (κ3) is 5.40. The van der Waals surface area contributed by atoms with Crippen molar-refractivity contribution in [1.82, 2.24) is 0 Å². The summed E-state index contributed by atoms with van der Waals surface area (Å²) in [5, 5.41) is 0. The molecule has 3 rings (SSSR count). The van der Waals surface area contributed by atoms with Crippen LogP contribution in [0.3, 0.4) is 0 Å². The van der Waals surface area contributed by atoms with Crippen LogP contribution in [0.2, 0.25) is 0 Å². The van der Waals surface area contributed by atoms with E-state index in [-0.39, 0.29) is 20.9 Å². The van der Waals surface area contributed by atoms with E-state index in [9.17, 15) is 26.4 Å². The Bertz CT molecular complexity index is 1270. The van der Waals surface area contributed by atoms with Crippen LogP contribution in [0.5, 0.6) is 0 Å². The fourth-order valence-electron chi connectivity index (χ4n) is 2.57. The van der Waals surface area contributed by atoms with Gasteiger partial charge in [-0.15, -0.1) is 0 Å². The van der Waals surface area contributed by atoms with Gasteiger partial charge in [-0.05, 0) is 56.3 Å². The van der Waals surface area contributed by atoms with Crippen LogP contribution < -0.4 is 0 Å².